The highest BCUT2D eigenvalue weighted by Crippen LogP contribution is 2.29. The van der Waals surface area contributed by atoms with Crippen molar-refractivity contribution in [2.45, 2.75) is 0 Å². The minimum atomic E-state index is -0.784. The molecule has 6 heteroatoms. The van der Waals surface area contributed by atoms with Gasteiger partial charge in [0.2, 0.25) is 0 Å². The van der Waals surface area contributed by atoms with E-state index in [4.69, 9.17) is 17.3 Å². The first-order valence-corrected chi connectivity index (χ1v) is 6.22. The number of benzene rings is 2. The van der Waals surface area contributed by atoms with E-state index in [9.17, 15) is 8.78 Å². The Kier molecular flexibility index (Phi) is 2.87. The third kappa shape index (κ3) is 1.91. The molecule has 3 nitrogen and oxygen atoms in total. The van der Waals surface area contributed by atoms with Gasteiger partial charge in [-0.25, -0.2) is 13.8 Å². The number of hydrogen-bond acceptors (Lipinski definition) is 2. The van der Waals surface area contributed by atoms with Gasteiger partial charge >= 0.3 is 0 Å². The van der Waals surface area contributed by atoms with Crippen molar-refractivity contribution < 1.29 is 8.78 Å². The van der Waals surface area contributed by atoms with Crippen molar-refractivity contribution in [3.05, 3.63) is 47.0 Å². The second kappa shape index (κ2) is 4.45. The maximum absolute atomic E-state index is 13.9. The number of hydrogen-bond donors (Lipinski definition) is 1. The molecule has 0 atom stereocenters. The standard InChI is InChI=1S/C14H10ClF2N3/c1-20-13-3-2-7(15)4-12(13)19-14(20)8-5-11(18)10(17)6-9(8)16/h2-6H,18H2,1H3. The van der Waals surface area contributed by atoms with Crippen LogP contribution in [0.25, 0.3) is 22.4 Å². The maximum atomic E-state index is 13.9. The van der Waals surface area contributed by atoms with Crippen LogP contribution in [-0.4, -0.2) is 9.55 Å². The van der Waals surface area contributed by atoms with Gasteiger partial charge in [0.15, 0.2) is 0 Å². The molecule has 2 N–H and O–H groups in total. The summed E-state index contributed by atoms with van der Waals surface area (Å²) in [5.41, 5.74) is 6.96. The van der Waals surface area contributed by atoms with Crippen LogP contribution in [0.4, 0.5) is 14.5 Å². The van der Waals surface area contributed by atoms with Gasteiger partial charge in [-0.15, -0.1) is 0 Å². The summed E-state index contributed by atoms with van der Waals surface area (Å²) in [4.78, 5) is 4.34. The van der Waals surface area contributed by atoms with E-state index in [1.54, 1.807) is 29.8 Å². The van der Waals surface area contributed by atoms with Gasteiger partial charge in [-0.1, -0.05) is 11.6 Å². The van der Waals surface area contributed by atoms with Gasteiger partial charge in [-0.2, -0.15) is 0 Å². The van der Waals surface area contributed by atoms with Crippen LogP contribution in [0.1, 0.15) is 0 Å². The highest BCUT2D eigenvalue weighted by molar-refractivity contribution is 6.31. The molecule has 0 saturated heterocycles. The van der Waals surface area contributed by atoms with Gasteiger partial charge < -0.3 is 10.3 Å². The first-order valence-electron chi connectivity index (χ1n) is 5.84. The summed E-state index contributed by atoms with van der Waals surface area (Å²) >= 11 is 5.91. The Hall–Kier alpha value is -2.14. The summed E-state index contributed by atoms with van der Waals surface area (Å²) in [6, 6.07) is 7.21. The highest BCUT2D eigenvalue weighted by Gasteiger charge is 2.16. The summed E-state index contributed by atoms with van der Waals surface area (Å²) in [5.74, 6) is -1.12. The van der Waals surface area contributed by atoms with Crippen molar-refractivity contribution in [2.24, 2.45) is 7.05 Å². The molecule has 0 radical (unpaired) electrons. The predicted octanol–water partition coefficient (Wildman–Crippen LogP) is 3.75. The van der Waals surface area contributed by atoms with E-state index in [1.807, 2.05) is 0 Å². The summed E-state index contributed by atoms with van der Waals surface area (Å²) < 4.78 is 28.9. The number of aromatic nitrogens is 2. The van der Waals surface area contributed by atoms with E-state index in [1.165, 1.54) is 6.07 Å². The van der Waals surface area contributed by atoms with Crippen molar-refractivity contribution in [1.82, 2.24) is 9.55 Å². The number of nitrogen functional groups attached to an aromatic ring is 1. The molecule has 3 aromatic rings. The Morgan fingerprint density at radius 3 is 2.65 bits per heavy atom. The number of nitrogens with zero attached hydrogens (tertiary/aromatic N) is 2. The van der Waals surface area contributed by atoms with Gasteiger partial charge in [0, 0.05) is 18.1 Å². The second-order valence-electron chi connectivity index (χ2n) is 4.48. The normalized spacial score (nSPS) is 11.2. The average molecular weight is 294 g/mol. The Morgan fingerprint density at radius 1 is 1.15 bits per heavy atom. The number of imidazole rings is 1. The molecule has 0 aliphatic carbocycles. The Morgan fingerprint density at radius 2 is 1.90 bits per heavy atom. The van der Waals surface area contributed by atoms with Gasteiger partial charge in [0.1, 0.15) is 17.5 Å². The highest BCUT2D eigenvalue weighted by atomic mass is 35.5. The molecule has 0 bridgehead atoms. The van der Waals surface area contributed by atoms with Crippen LogP contribution in [-0.2, 0) is 7.05 Å². The van der Waals surface area contributed by atoms with Gasteiger partial charge in [0.25, 0.3) is 0 Å². The lowest BCUT2D eigenvalue weighted by atomic mass is 10.1. The van der Waals surface area contributed by atoms with Crippen LogP contribution in [0.2, 0.25) is 5.02 Å². The molecule has 20 heavy (non-hydrogen) atoms. The van der Waals surface area contributed by atoms with E-state index >= 15 is 0 Å². The molecular weight excluding hydrogens is 284 g/mol. The third-order valence-electron chi connectivity index (χ3n) is 3.17. The monoisotopic (exact) mass is 293 g/mol. The molecule has 0 amide bonds. The molecule has 0 aliphatic heterocycles. The summed E-state index contributed by atoms with van der Waals surface area (Å²) in [5, 5.41) is 0.543. The largest absolute Gasteiger partial charge is 0.396 e. The lowest BCUT2D eigenvalue weighted by Crippen LogP contribution is -1.99. The topological polar surface area (TPSA) is 43.8 Å². The minimum Gasteiger partial charge on any atom is -0.396 e. The van der Waals surface area contributed by atoms with E-state index in [2.05, 4.69) is 4.98 Å². The molecule has 2 aromatic carbocycles. The molecule has 102 valence electrons. The van der Waals surface area contributed by atoms with Gasteiger partial charge in [-0.3, -0.25) is 0 Å². The number of aryl methyl sites for hydroxylation is 1. The number of rotatable bonds is 1. The van der Waals surface area contributed by atoms with Crippen LogP contribution >= 0.6 is 11.6 Å². The molecule has 3 rings (SSSR count). The van der Waals surface area contributed by atoms with Crippen molar-refractivity contribution >= 4 is 28.3 Å². The lowest BCUT2D eigenvalue weighted by molar-refractivity contribution is 0.587. The van der Waals surface area contributed by atoms with Crippen LogP contribution in [0.3, 0.4) is 0 Å². The molecule has 0 saturated carbocycles. The van der Waals surface area contributed by atoms with Crippen LogP contribution < -0.4 is 5.73 Å². The Labute approximate surface area is 118 Å². The lowest BCUT2D eigenvalue weighted by Gasteiger charge is -2.06. The van der Waals surface area contributed by atoms with Crippen molar-refractivity contribution in [3.63, 3.8) is 0 Å². The van der Waals surface area contributed by atoms with Crippen LogP contribution in [0.5, 0.6) is 0 Å². The van der Waals surface area contributed by atoms with E-state index in [-0.39, 0.29) is 11.3 Å². The fourth-order valence-corrected chi connectivity index (χ4v) is 2.32. The van der Waals surface area contributed by atoms with Gasteiger partial charge in [0.05, 0.1) is 22.3 Å². The number of halogens is 3. The van der Waals surface area contributed by atoms with E-state index in [0.717, 1.165) is 11.6 Å². The second-order valence-corrected chi connectivity index (χ2v) is 4.92. The first-order chi connectivity index (χ1) is 9.47. The molecule has 1 aromatic heterocycles. The first kappa shape index (κ1) is 12.9. The fourth-order valence-electron chi connectivity index (χ4n) is 2.15. The fraction of sp³-hybridized carbons (Fsp3) is 0.0714. The Bertz CT molecular complexity index is 827. The molecular formula is C14H10ClF2N3. The Balaban J connectivity index is 2.30. The average Bonchev–Trinajstić information content (AvgIpc) is 2.70. The minimum absolute atomic E-state index is 0.119. The zero-order valence-electron chi connectivity index (χ0n) is 10.5. The number of fused-ring (bicyclic) bond motifs is 1. The predicted molar refractivity (Wildman–Crippen MR) is 75.5 cm³/mol. The third-order valence-corrected chi connectivity index (χ3v) is 3.41. The molecule has 1 heterocycles. The van der Waals surface area contributed by atoms with E-state index < -0.39 is 11.6 Å². The molecule has 0 aliphatic rings. The summed E-state index contributed by atoms with van der Waals surface area (Å²) in [6.07, 6.45) is 0. The summed E-state index contributed by atoms with van der Waals surface area (Å²) in [6.45, 7) is 0. The molecule has 0 spiro atoms. The summed E-state index contributed by atoms with van der Waals surface area (Å²) in [7, 11) is 1.75. The quantitative estimate of drug-likeness (QED) is 0.694. The SMILES string of the molecule is Cn1c(-c2cc(N)c(F)cc2F)nc2cc(Cl)ccc21. The smallest absolute Gasteiger partial charge is 0.149 e. The van der Waals surface area contributed by atoms with Gasteiger partial charge in [-0.05, 0) is 24.3 Å². The molecule has 0 unspecified atom stereocenters. The van der Waals surface area contributed by atoms with Crippen LogP contribution in [0, 0.1) is 11.6 Å². The zero-order valence-corrected chi connectivity index (χ0v) is 11.2. The zero-order chi connectivity index (χ0) is 14.4. The number of nitrogens with two attached hydrogens (primary N) is 1. The maximum Gasteiger partial charge on any atom is 0.149 e. The van der Waals surface area contributed by atoms with Crippen molar-refractivity contribution in [2.75, 3.05) is 5.73 Å². The van der Waals surface area contributed by atoms with Crippen molar-refractivity contribution in [3.8, 4) is 11.4 Å². The molecule has 0 fully saturated rings. The van der Waals surface area contributed by atoms with Crippen LogP contribution in [0.15, 0.2) is 30.3 Å². The van der Waals surface area contributed by atoms with E-state index in [0.29, 0.717) is 16.4 Å². The number of anilines is 1. The van der Waals surface area contributed by atoms with Crippen molar-refractivity contribution in [1.29, 1.82) is 0 Å².